The van der Waals surface area contributed by atoms with Crippen LogP contribution in [-0.4, -0.2) is 15.6 Å². The second kappa shape index (κ2) is 4.30. The van der Waals surface area contributed by atoms with Gasteiger partial charge in [0.15, 0.2) is 10.9 Å². The van der Waals surface area contributed by atoms with Crippen molar-refractivity contribution in [3.8, 4) is 0 Å². The largest absolute Gasteiger partial charge is 0.297 e. The average Bonchev–Trinajstić information content (AvgIpc) is 2.43. The van der Waals surface area contributed by atoms with Gasteiger partial charge in [-0.15, -0.1) is 0 Å². The number of rotatable bonds is 2. The molecular weight excluding hydrogens is 232 g/mol. The monoisotopic (exact) mass is 248 g/mol. The Morgan fingerprint density at radius 2 is 2.06 bits per heavy atom. The summed E-state index contributed by atoms with van der Waals surface area (Å²) < 4.78 is -0.579. The van der Waals surface area contributed by atoms with Crippen LogP contribution in [0.5, 0.6) is 0 Å². The fourth-order valence-corrected chi connectivity index (χ4v) is 3.50. The third-order valence-corrected chi connectivity index (χ3v) is 4.57. The molecule has 2 nitrogen and oxygen atoms in total. The minimum Gasteiger partial charge on any atom is -0.297 e. The van der Waals surface area contributed by atoms with Crippen LogP contribution >= 0.6 is 11.8 Å². The van der Waals surface area contributed by atoms with Gasteiger partial charge in [0.25, 0.3) is 0 Å². The lowest BCUT2D eigenvalue weighted by Crippen LogP contribution is -2.32. The Balaban J connectivity index is 2.24. The normalized spacial score (nSPS) is 28.8. The minimum absolute atomic E-state index is 0.00477. The summed E-state index contributed by atoms with van der Waals surface area (Å²) in [6.07, 6.45) is 0.633. The van der Waals surface area contributed by atoms with Crippen molar-refractivity contribution in [2.75, 3.05) is 0 Å². The fourth-order valence-electron chi connectivity index (χ4n) is 2.26. The van der Waals surface area contributed by atoms with Crippen molar-refractivity contribution in [2.45, 2.75) is 31.9 Å². The van der Waals surface area contributed by atoms with E-state index in [0.717, 1.165) is 5.56 Å². The molecule has 90 valence electrons. The fraction of sp³-hybridized carbons (Fsp3) is 0.429. The summed E-state index contributed by atoms with van der Waals surface area (Å²) in [6.45, 7) is 5.62. The van der Waals surface area contributed by atoms with E-state index in [0.29, 0.717) is 6.42 Å². The Kier molecular flexibility index (Phi) is 3.13. The molecule has 1 aliphatic heterocycles. The van der Waals surface area contributed by atoms with Gasteiger partial charge in [0.1, 0.15) is 0 Å². The summed E-state index contributed by atoms with van der Waals surface area (Å²) in [5.74, 6) is -0.385. The number of carbonyl (C=O) groups is 2. The maximum atomic E-state index is 12.1. The van der Waals surface area contributed by atoms with Crippen molar-refractivity contribution < 1.29 is 9.59 Å². The highest BCUT2D eigenvalue weighted by Gasteiger charge is 2.48. The standard InChI is InChI=1S/C14H16O2S/c1-9-5-4-6-11(7-9)8-14(3)12(15)10(2)13(16)17-14/h4-7,10H,8H2,1-3H3. The van der Waals surface area contributed by atoms with E-state index < -0.39 is 10.7 Å². The molecule has 0 aliphatic carbocycles. The molecule has 3 heteroatoms. The first kappa shape index (κ1) is 12.4. The number of aryl methyl sites for hydroxylation is 1. The summed E-state index contributed by atoms with van der Waals surface area (Å²) in [4.78, 5) is 23.7. The highest BCUT2D eigenvalue weighted by atomic mass is 32.2. The van der Waals surface area contributed by atoms with Crippen LogP contribution in [0.15, 0.2) is 24.3 Å². The van der Waals surface area contributed by atoms with Gasteiger partial charge in [-0.1, -0.05) is 41.6 Å². The molecule has 1 aromatic carbocycles. The molecule has 2 unspecified atom stereocenters. The van der Waals surface area contributed by atoms with E-state index in [1.165, 1.54) is 17.3 Å². The summed E-state index contributed by atoms with van der Waals surface area (Å²) in [5.41, 5.74) is 2.30. The first-order valence-corrected chi connectivity index (χ1v) is 6.57. The quantitative estimate of drug-likeness (QED) is 0.755. The summed E-state index contributed by atoms with van der Waals surface area (Å²) in [5, 5.41) is 0.00477. The zero-order chi connectivity index (χ0) is 12.6. The van der Waals surface area contributed by atoms with Gasteiger partial charge in [0, 0.05) is 0 Å². The van der Waals surface area contributed by atoms with Crippen molar-refractivity contribution in [2.24, 2.45) is 5.92 Å². The molecule has 0 N–H and O–H groups in total. The van der Waals surface area contributed by atoms with E-state index in [4.69, 9.17) is 0 Å². The molecule has 1 heterocycles. The number of hydrogen-bond donors (Lipinski definition) is 0. The number of benzene rings is 1. The van der Waals surface area contributed by atoms with Gasteiger partial charge in [-0.05, 0) is 32.8 Å². The van der Waals surface area contributed by atoms with Gasteiger partial charge in [-0.25, -0.2) is 0 Å². The predicted octanol–water partition coefficient (Wildman–Crippen LogP) is 2.77. The van der Waals surface area contributed by atoms with Crippen molar-refractivity contribution in [1.29, 1.82) is 0 Å². The third kappa shape index (κ3) is 2.29. The number of carbonyl (C=O) groups excluding carboxylic acids is 2. The Morgan fingerprint density at radius 3 is 2.59 bits per heavy atom. The topological polar surface area (TPSA) is 34.1 Å². The SMILES string of the molecule is Cc1cccc(CC2(C)SC(=O)C(C)C2=O)c1. The highest BCUT2D eigenvalue weighted by molar-refractivity contribution is 8.16. The van der Waals surface area contributed by atoms with Gasteiger partial charge < -0.3 is 0 Å². The molecule has 0 radical (unpaired) electrons. The van der Waals surface area contributed by atoms with Crippen LogP contribution in [0.4, 0.5) is 0 Å². The number of ketones is 1. The zero-order valence-corrected chi connectivity index (χ0v) is 11.1. The van der Waals surface area contributed by atoms with Crippen LogP contribution in [0.3, 0.4) is 0 Å². The lowest BCUT2D eigenvalue weighted by Gasteiger charge is -2.20. The molecule has 2 atom stereocenters. The Morgan fingerprint density at radius 1 is 1.35 bits per heavy atom. The van der Waals surface area contributed by atoms with E-state index in [-0.39, 0.29) is 10.9 Å². The van der Waals surface area contributed by atoms with Crippen LogP contribution in [0.1, 0.15) is 25.0 Å². The molecule has 1 aromatic rings. The van der Waals surface area contributed by atoms with Crippen molar-refractivity contribution in [3.63, 3.8) is 0 Å². The van der Waals surface area contributed by atoms with E-state index in [9.17, 15) is 9.59 Å². The van der Waals surface area contributed by atoms with Crippen LogP contribution in [0.25, 0.3) is 0 Å². The van der Waals surface area contributed by atoms with Crippen LogP contribution in [0, 0.1) is 12.8 Å². The summed E-state index contributed by atoms with van der Waals surface area (Å²) >= 11 is 1.20. The average molecular weight is 248 g/mol. The van der Waals surface area contributed by atoms with Crippen molar-refractivity contribution in [3.05, 3.63) is 35.4 Å². The number of Topliss-reactive ketones (excluding diaryl/α,β-unsaturated/α-hetero) is 1. The number of hydrogen-bond acceptors (Lipinski definition) is 3. The Bertz CT molecular complexity index is 481. The molecule has 0 amide bonds. The molecule has 2 rings (SSSR count). The lowest BCUT2D eigenvalue weighted by molar-refractivity contribution is -0.127. The molecule has 0 bridgehead atoms. The molecular formula is C14H16O2S. The van der Waals surface area contributed by atoms with E-state index in [1.807, 2.05) is 32.0 Å². The predicted molar refractivity (Wildman–Crippen MR) is 70.1 cm³/mol. The van der Waals surface area contributed by atoms with Gasteiger partial charge >= 0.3 is 0 Å². The summed E-state index contributed by atoms with van der Waals surface area (Å²) in [6, 6.07) is 8.11. The molecule has 1 aliphatic rings. The maximum Gasteiger partial charge on any atom is 0.200 e. The third-order valence-electron chi connectivity index (χ3n) is 3.22. The van der Waals surface area contributed by atoms with Crippen LogP contribution < -0.4 is 0 Å². The lowest BCUT2D eigenvalue weighted by atomic mass is 9.90. The van der Waals surface area contributed by atoms with Crippen LogP contribution in [0.2, 0.25) is 0 Å². The van der Waals surface area contributed by atoms with Crippen molar-refractivity contribution in [1.82, 2.24) is 0 Å². The molecule has 0 spiro atoms. The number of thioether (sulfide) groups is 1. The van der Waals surface area contributed by atoms with Gasteiger partial charge in [0.2, 0.25) is 0 Å². The first-order valence-electron chi connectivity index (χ1n) is 5.75. The zero-order valence-electron chi connectivity index (χ0n) is 10.3. The first-order chi connectivity index (χ1) is 7.92. The van der Waals surface area contributed by atoms with E-state index >= 15 is 0 Å². The molecule has 17 heavy (non-hydrogen) atoms. The van der Waals surface area contributed by atoms with Gasteiger partial charge in [-0.2, -0.15) is 0 Å². The van der Waals surface area contributed by atoms with Gasteiger partial charge in [0.05, 0.1) is 10.7 Å². The molecule has 0 aromatic heterocycles. The van der Waals surface area contributed by atoms with Crippen LogP contribution in [-0.2, 0) is 16.0 Å². The minimum atomic E-state index is -0.579. The molecule has 1 saturated heterocycles. The van der Waals surface area contributed by atoms with E-state index in [1.54, 1.807) is 6.92 Å². The van der Waals surface area contributed by atoms with Gasteiger partial charge in [-0.3, -0.25) is 9.59 Å². The smallest absolute Gasteiger partial charge is 0.200 e. The maximum absolute atomic E-state index is 12.1. The highest BCUT2D eigenvalue weighted by Crippen LogP contribution is 2.41. The van der Waals surface area contributed by atoms with Crippen molar-refractivity contribution >= 4 is 22.7 Å². The summed E-state index contributed by atoms with van der Waals surface area (Å²) in [7, 11) is 0. The Hall–Kier alpha value is -1.09. The second-order valence-corrected chi connectivity index (χ2v) is 6.41. The Labute approximate surface area is 106 Å². The van der Waals surface area contributed by atoms with E-state index in [2.05, 4.69) is 6.07 Å². The second-order valence-electron chi connectivity index (χ2n) is 4.90. The molecule has 1 fully saturated rings. The molecule has 0 saturated carbocycles.